The summed E-state index contributed by atoms with van der Waals surface area (Å²) >= 11 is 12.0. The number of morpholine rings is 1. The van der Waals surface area contributed by atoms with Crippen LogP contribution in [0.5, 0.6) is 0 Å². The maximum Gasteiger partial charge on any atom is 0.0594 e. The van der Waals surface area contributed by atoms with Crippen LogP contribution in [0.4, 0.5) is 0 Å². The number of hydrogen-bond acceptors (Lipinski definition) is 2. The van der Waals surface area contributed by atoms with Crippen LogP contribution in [-0.4, -0.2) is 37.7 Å². The molecule has 0 amide bonds. The number of rotatable bonds is 3. The average molecular weight is 260 g/mol. The molecule has 2 nitrogen and oxygen atoms in total. The molecule has 0 aromatic heterocycles. The van der Waals surface area contributed by atoms with Crippen molar-refractivity contribution in [3.05, 3.63) is 33.8 Å². The van der Waals surface area contributed by atoms with Gasteiger partial charge in [-0.05, 0) is 24.1 Å². The third-order valence-electron chi connectivity index (χ3n) is 2.82. The predicted octanol–water partition coefficient (Wildman–Crippen LogP) is 2.87. The second kappa shape index (κ2) is 5.87. The van der Waals surface area contributed by atoms with Gasteiger partial charge in [0.25, 0.3) is 0 Å². The molecule has 0 radical (unpaired) electrons. The molecule has 1 aliphatic heterocycles. The normalized spacial score (nSPS) is 17.6. The molecule has 1 fully saturated rings. The SMILES string of the molecule is Clc1ccc(CCN2CCOCC2)c(Cl)c1. The summed E-state index contributed by atoms with van der Waals surface area (Å²) in [5, 5.41) is 1.46. The van der Waals surface area contributed by atoms with E-state index in [4.69, 9.17) is 27.9 Å². The van der Waals surface area contributed by atoms with Crippen LogP contribution in [0.1, 0.15) is 5.56 Å². The first-order valence-electron chi connectivity index (χ1n) is 5.50. The molecule has 1 aromatic carbocycles. The van der Waals surface area contributed by atoms with Gasteiger partial charge in [-0.25, -0.2) is 0 Å². The van der Waals surface area contributed by atoms with Crippen LogP contribution >= 0.6 is 23.2 Å². The van der Waals surface area contributed by atoms with E-state index in [2.05, 4.69) is 4.90 Å². The fraction of sp³-hybridized carbons (Fsp3) is 0.500. The summed E-state index contributed by atoms with van der Waals surface area (Å²) in [4.78, 5) is 2.40. The summed E-state index contributed by atoms with van der Waals surface area (Å²) < 4.78 is 5.31. The molecule has 0 saturated carbocycles. The largest absolute Gasteiger partial charge is 0.379 e. The lowest BCUT2D eigenvalue weighted by Gasteiger charge is -2.26. The monoisotopic (exact) mass is 259 g/mol. The summed E-state index contributed by atoms with van der Waals surface area (Å²) in [5.74, 6) is 0. The number of benzene rings is 1. The standard InChI is InChI=1S/C12H15Cl2NO/c13-11-2-1-10(12(14)9-11)3-4-15-5-7-16-8-6-15/h1-2,9H,3-8H2. The number of halogens is 2. The zero-order valence-corrected chi connectivity index (χ0v) is 10.6. The fourth-order valence-electron chi connectivity index (χ4n) is 1.83. The van der Waals surface area contributed by atoms with Crippen molar-refractivity contribution in [2.45, 2.75) is 6.42 Å². The highest BCUT2D eigenvalue weighted by Crippen LogP contribution is 2.21. The van der Waals surface area contributed by atoms with E-state index in [1.807, 2.05) is 12.1 Å². The van der Waals surface area contributed by atoms with Crippen molar-refractivity contribution in [2.75, 3.05) is 32.8 Å². The van der Waals surface area contributed by atoms with Gasteiger partial charge in [0.1, 0.15) is 0 Å². The lowest BCUT2D eigenvalue weighted by Crippen LogP contribution is -2.37. The first kappa shape index (κ1) is 12.2. The van der Waals surface area contributed by atoms with Gasteiger partial charge in [0.15, 0.2) is 0 Å². The topological polar surface area (TPSA) is 12.5 Å². The molecule has 0 unspecified atom stereocenters. The first-order valence-corrected chi connectivity index (χ1v) is 6.25. The highest BCUT2D eigenvalue weighted by molar-refractivity contribution is 6.35. The van der Waals surface area contributed by atoms with Crippen LogP contribution in [0.3, 0.4) is 0 Å². The van der Waals surface area contributed by atoms with Gasteiger partial charge >= 0.3 is 0 Å². The van der Waals surface area contributed by atoms with Crippen LogP contribution in [-0.2, 0) is 11.2 Å². The van der Waals surface area contributed by atoms with E-state index in [1.165, 1.54) is 0 Å². The van der Waals surface area contributed by atoms with Crippen molar-refractivity contribution in [1.29, 1.82) is 0 Å². The summed E-state index contributed by atoms with van der Waals surface area (Å²) in [6, 6.07) is 5.70. The van der Waals surface area contributed by atoms with Crippen molar-refractivity contribution in [3.8, 4) is 0 Å². The zero-order chi connectivity index (χ0) is 11.4. The van der Waals surface area contributed by atoms with Crippen LogP contribution in [0.25, 0.3) is 0 Å². The summed E-state index contributed by atoms with van der Waals surface area (Å²) in [6.45, 7) is 4.75. The maximum absolute atomic E-state index is 6.12. The van der Waals surface area contributed by atoms with Crippen LogP contribution in [0, 0.1) is 0 Å². The second-order valence-corrected chi connectivity index (χ2v) is 4.78. The summed E-state index contributed by atoms with van der Waals surface area (Å²) in [7, 11) is 0. The van der Waals surface area contributed by atoms with Crippen LogP contribution in [0.2, 0.25) is 10.0 Å². The molecule has 4 heteroatoms. The third-order valence-corrected chi connectivity index (χ3v) is 3.40. The Kier molecular flexibility index (Phi) is 4.47. The molecule has 1 aliphatic rings. The molecule has 0 spiro atoms. The van der Waals surface area contributed by atoms with E-state index < -0.39 is 0 Å². The van der Waals surface area contributed by atoms with Crippen molar-refractivity contribution in [2.24, 2.45) is 0 Å². The van der Waals surface area contributed by atoms with Gasteiger partial charge in [-0.3, -0.25) is 4.90 Å². The molecule has 0 N–H and O–H groups in total. The van der Waals surface area contributed by atoms with Gasteiger partial charge in [0.2, 0.25) is 0 Å². The number of nitrogens with zero attached hydrogens (tertiary/aromatic N) is 1. The smallest absolute Gasteiger partial charge is 0.0594 e. The van der Waals surface area contributed by atoms with Crippen molar-refractivity contribution in [1.82, 2.24) is 4.90 Å². The Morgan fingerprint density at radius 3 is 2.62 bits per heavy atom. The van der Waals surface area contributed by atoms with Gasteiger partial charge in [-0.2, -0.15) is 0 Å². The molecule has 1 heterocycles. The highest BCUT2D eigenvalue weighted by atomic mass is 35.5. The quantitative estimate of drug-likeness (QED) is 0.828. The van der Waals surface area contributed by atoms with Gasteiger partial charge in [-0.1, -0.05) is 29.3 Å². The van der Waals surface area contributed by atoms with E-state index in [1.54, 1.807) is 6.07 Å². The van der Waals surface area contributed by atoms with Crippen LogP contribution in [0.15, 0.2) is 18.2 Å². The van der Waals surface area contributed by atoms with Gasteiger partial charge in [0, 0.05) is 29.7 Å². The Bertz CT molecular complexity index is 351. The maximum atomic E-state index is 6.12. The van der Waals surface area contributed by atoms with Crippen molar-refractivity contribution < 1.29 is 4.74 Å². The van der Waals surface area contributed by atoms with Crippen molar-refractivity contribution in [3.63, 3.8) is 0 Å². The molecule has 0 bridgehead atoms. The first-order chi connectivity index (χ1) is 7.75. The van der Waals surface area contributed by atoms with Crippen LogP contribution < -0.4 is 0 Å². The fourth-order valence-corrected chi connectivity index (χ4v) is 2.33. The minimum Gasteiger partial charge on any atom is -0.379 e. The predicted molar refractivity (Wildman–Crippen MR) is 67.4 cm³/mol. The lowest BCUT2D eigenvalue weighted by molar-refractivity contribution is 0.0384. The molecule has 16 heavy (non-hydrogen) atoms. The zero-order valence-electron chi connectivity index (χ0n) is 9.09. The molecule has 1 saturated heterocycles. The van der Waals surface area contributed by atoms with Gasteiger partial charge < -0.3 is 4.74 Å². The molecule has 0 atom stereocenters. The average Bonchev–Trinajstić information content (AvgIpc) is 2.29. The molecule has 88 valence electrons. The molecule has 2 rings (SSSR count). The third kappa shape index (κ3) is 3.36. The van der Waals surface area contributed by atoms with E-state index in [9.17, 15) is 0 Å². The van der Waals surface area contributed by atoms with Gasteiger partial charge in [-0.15, -0.1) is 0 Å². The van der Waals surface area contributed by atoms with E-state index in [-0.39, 0.29) is 0 Å². The Balaban J connectivity index is 1.88. The minimum absolute atomic E-state index is 0.695. The molecular formula is C12H15Cl2NO. The minimum atomic E-state index is 0.695. The number of ether oxygens (including phenoxy) is 1. The second-order valence-electron chi connectivity index (χ2n) is 3.94. The summed E-state index contributed by atoms with van der Waals surface area (Å²) in [6.07, 6.45) is 0.968. The Hall–Kier alpha value is -0.280. The van der Waals surface area contributed by atoms with E-state index in [0.717, 1.165) is 49.9 Å². The molecular weight excluding hydrogens is 245 g/mol. The summed E-state index contributed by atoms with van der Waals surface area (Å²) in [5.41, 5.74) is 1.16. The Labute approximate surface area is 106 Å². The van der Waals surface area contributed by atoms with E-state index in [0.29, 0.717) is 5.02 Å². The van der Waals surface area contributed by atoms with Crippen molar-refractivity contribution >= 4 is 23.2 Å². The molecule has 1 aromatic rings. The Morgan fingerprint density at radius 2 is 1.94 bits per heavy atom. The Morgan fingerprint density at radius 1 is 1.19 bits per heavy atom. The van der Waals surface area contributed by atoms with E-state index >= 15 is 0 Å². The lowest BCUT2D eigenvalue weighted by atomic mass is 10.1. The highest BCUT2D eigenvalue weighted by Gasteiger charge is 2.10. The van der Waals surface area contributed by atoms with Gasteiger partial charge in [0.05, 0.1) is 13.2 Å². The molecule has 0 aliphatic carbocycles. The number of hydrogen-bond donors (Lipinski definition) is 0.